The van der Waals surface area contributed by atoms with Gasteiger partial charge in [-0.2, -0.15) is 25.0 Å². The molecule has 0 bridgehead atoms. The molecule has 2 aliphatic carbocycles. The third kappa shape index (κ3) is 22.9. The molecular weight excluding hydrogens is 406 g/mol. The van der Waals surface area contributed by atoms with Crippen molar-refractivity contribution in [1.82, 2.24) is 0 Å². The third-order valence-corrected chi connectivity index (χ3v) is 2.22. The normalized spacial score (nSPS) is 12.9. The van der Waals surface area contributed by atoms with Crippen LogP contribution in [0.2, 0.25) is 0 Å². The van der Waals surface area contributed by atoms with Gasteiger partial charge in [-0.3, -0.25) is 12.2 Å². The van der Waals surface area contributed by atoms with E-state index in [1.54, 1.807) is 37.2 Å². The van der Waals surface area contributed by atoms with Gasteiger partial charge in [-0.25, -0.2) is 23.3 Å². The number of halogens is 2. The molecule has 2 aliphatic rings. The second-order valence-corrected chi connectivity index (χ2v) is 4.05. The van der Waals surface area contributed by atoms with Crippen molar-refractivity contribution in [3.05, 3.63) is 60.4 Å². The zero-order valence-electron chi connectivity index (χ0n) is 15.0. The minimum absolute atomic E-state index is 0. The van der Waals surface area contributed by atoms with Crippen molar-refractivity contribution in [2.75, 3.05) is 0 Å². The zero-order chi connectivity index (χ0) is 16.6. The molecule has 0 spiro atoms. The molecule has 0 unspecified atom stereocenters. The van der Waals surface area contributed by atoms with Crippen molar-refractivity contribution in [3.63, 3.8) is 0 Å². The van der Waals surface area contributed by atoms with Gasteiger partial charge in [-0.15, -0.1) is 37.7 Å². The molecule has 0 aromatic heterocycles. The fourth-order valence-electron chi connectivity index (χ4n) is 1.50. The first-order chi connectivity index (χ1) is 9.58. The fraction of sp³-hybridized carbons (Fsp3) is 0.444. The monoisotopic (exact) mass is 436 g/mol. The van der Waals surface area contributed by atoms with Gasteiger partial charge in [-0.1, -0.05) is 27.7 Å². The topological polar surface area (TPSA) is 0 Å². The van der Waals surface area contributed by atoms with Gasteiger partial charge in [0, 0.05) is 0 Å². The predicted molar refractivity (Wildman–Crippen MR) is 107 cm³/mol. The zero-order valence-corrected chi connectivity index (χ0v) is 20.5. The fourth-order valence-corrected chi connectivity index (χ4v) is 1.50. The van der Waals surface area contributed by atoms with Crippen LogP contribution in [0, 0.1) is 26.0 Å². The Morgan fingerprint density at radius 1 is 0.773 bits per heavy atom. The first-order valence-electron chi connectivity index (χ1n) is 6.84. The van der Waals surface area contributed by atoms with Crippen LogP contribution in [0.25, 0.3) is 0 Å². The summed E-state index contributed by atoms with van der Waals surface area (Å²) in [6, 6.07) is 0. The van der Waals surface area contributed by atoms with Gasteiger partial charge in [0.25, 0.3) is 0 Å². The quantitative estimate of drug-likeness (QED) is 0.332. The Labute approximate surface area is 169 Å². The maximum atomic E-state index is 3.25. The van der Waals surface area contributed by atoms with Crippen molar-refractivity contribution >= 4 is 31.7 Å². The van der Waals surface area contributed by atoms with Crippen LogP contribution in [0.1, 0.15) is 54.4 Å². The molecule has 130 valence electrons. The van der Waals surface area contributed by atoms with E-state index in [1.165, 1.54) is 22.3 Å². The second kappa shape index (κ2) is 26.5. The van der Waals surface area contributed by atoms with Gasteiger partial charge in [-0.05, 0) is 0 Å². The van der Waals surface area contributed by atoms with Crippen LogP contribution in [0.3, 0.4) is 0 Å². The Morgan fingerprint density at radius 3 is 1.05 bits per heavy atom. The molecule has 0 fully saturated rings. The van der Waals surface area contributed by atoms with Crippen molar-refractivity contribution in [2.24, 2.45) is 0 Å². The Bertz CT molecular complexity index is 322. The number of hydrogen-bond donors (Lipinski definition) is 0. The summed E-state index contributed by atoms with van der Waals surface area (Å²) in [5, 5.41) is 0. The van der Waals surface area contributed by atoms with Crippen molar-refractivity contribution in [2.45, 2.75) is 54.4 Å². The van der Waals surface area contributed by atoms with E-state index in [2.05, 4.69) is 65.8 Å². The van der Waals surface area contributed by atoms with E-state index in [0.29, 0.717) is 0 Å². The van der Waals surface area contributed by atoms with Crippen molar-refractivity contribution < 1.29 is 23.3 Å². The maximum absolute atomic E-state index is 3.25. The molecule has 0 aromatic carbocycles. The van der Waals surface area contributed by atoms with Crippen LogP contribution < -0.4 is 0 Å². The van der Waals surface area contributed by atoms with Crippen molar-refractivity contribution in [3.8, 4) is 0 Å². The molecule has 0 saturated heterocycles. The number of hydrogen-bond acceptors (Lipinski definition) is 0. The van der Waals surface area contributed by atoms with Crippen LogP contribution in [0.15, 0.2) is 34.4 Å². The molecule has 0 nitrogen and oxygen atoms in total. The summed E-state index contributed by atoms with van der Waals surface area (Å²) in [6.45, 7) is 20.4. The van der Waals surface area contributed by atoms with Crippen LogP contribution >= 0.6 is 24.8 Å². The molecule has 0 heterocycles. The molecule has 0 amide bonds. The molecule has 0 atom stereocenters. The van der Waals surface area contributed by atoms with E-state index >= 15 is 0 Å². The van der Waals surface area contributed by atoms with Crippen LogP contribution in [0.4, 0.5) is 0 Å². The standard InChI is InChI=1S/2C7H9.2C2H5.2ClH.H2Si.Zr/c2*1-6-3-4-7(2)5-6;2*1-2;;;;/h2*5H,3H2,1-2H3;2*1H2,2H3;2*1H;1H2;/q4*-1;;;;. The molecule has 0 N–H and O–H groups in total. The van der Waals surface area contributed by atoms with E-state index in [9.17, 15) is 0 Å². The molecule has 2 rings (SSSR count). The Kier molecular flexibility index (Phi) is 41.1. The van der Waals surface area contributed by atoms with Gasteiger partial charge < -0.3 is 13.8 Å². The number of allylic oxidation sites excluding steroid dienone is 8. The summed E-state index contributed by atoms with van der Waals surface area (Å²) < 4.78 is 0. The first kappa shape index (κ1) is 34.1. The van der Waals surface area contributed by atoms with Gasteiger partial charge in [0.05, 0.1) is 0 Å². The molecule has 0 saturated carbocycles. The first-order valence-corrected chi connectivity index (χ1v) is 12.8. The SMILES string of the molecule is CC1=[C-]CC(C)=C1.CC1=[C-]CC(C)=C1.Cl.Cl.[CH2-]C.[CH2-]C.[SiH2]=[Zr]. The molecule has 22 heavy (non-hydrogen) atoms. The van der Waals surface area contributed by atoms with Gasteiger partial charge >= 0.3 is 30.2 Å². The van der Waals surface area contributed by atoms with E-state index in [1.807, 2.05) is 6.88 Å². The summed E-state index contributed by atoms with van der Waals surface area (Å²) >= 11 is 1.58. The van der Waals surface area contributed by atoms with E-state index in [4.69, 9.17) is 0 Å². The summed E-state index contributed by atoms with van der Waals surface area (Å²) in [4.78, 5) is 0. The van der Waals surface area contributed by atoms with E-state index in [0.717, 1.165) is 12.8 Å². The van der Waals surface area contributed by atoms with Crippen LogP contribution in [-0.2, 0) is 23.3 Å². The molecule has 0 radical (unpaired) electrons. The van der Waals surface area contributed by atoms with Gasteiger partial charge in [0.15, 0.2) is 0 Å². The minimum atomic E-state index is 0. The van der Waals surface area contributed by atoms with Crippen LogP contribution in [0.5, 0.6) is 0 Å². The van der Waals surface area contributed by atoms with Crippen molar-refractivity contribution in [1.29, 1.82) is 0 Å². The summed E-state index contributed by atoms with van der Waals surface area (Å²) in [5.41, 5.74) is 5.44. The van der Waals surface area contributed by atoms with Crippen LogP contribution in [-0.4, -0.2) is 6.88 Å². The molecule has 0 aliphatic heterocycles. The Balaban J connectivity index is -0.0000000614. The number of rotatable bonds is 0. The van der Waals surface area contributed by atoms with Gasteiger partial charge in [0.1, 0.15) is 0 Å². The average Bonchev–Trinajstić information content (AvgIpc) is 3.05. The van der Waals surface area contributed by atoms with E-state index < -0.39 is 0 Å². The Hall–Kier alpha value is 0.640. The Morgan fingerprint density at radius 2 is 1.00 bits per heavy atom. The average molecular weight is 439 g/mol. The third-order valence-electron chi connectivity index (χ3n) is 2.22. The summed E-state index contributed by atoms with van der Waals surface area (Å²) in [6.07, 6.45) is 12.8. The molecule has 4 heteroatoms. The molecular formula is C18H32Cl2SiZr-4. The second-order valence-electron chi connectivity index (χ2n) is 4.05. The predicted octanol–water partition coefficient (Wildman–Crippen LogP) is 5.78. The van der Waals surface area contributed by atoms with E-state index in [-0.39, 0.29) is 24.8 Å². The molecule has 0 aromatic rings. The van der Waals surface area contributed by atoms with Gasteiger partial charge in [0.2, 0.25) is 0 Å². The summed E-state index contributed by atoms with van der Waals surface area (Å²) in [7, 11) is 0. The summed E-state index contributed by atoms with van der Waals surface area (Å²) in [5.74, 6) is 0.